The Balaban J connectivity index is 2.13. The van der Waals surface area contributed by atoms with Crippen LogP contribution in [-0.2, 0) is 19.1 Å². The number of halogens is 1. The Bertz CT molecular complexity index is 738. The highest BCUT2D eigenvalue weighted by Crippen LogP contribution is 2.42. The van der Waals surface area contributed by atoms with Gasteiger partial charge in [-0.15, -0.1) is 0 Å². The Morgan fingerprint density at radius 3 is 2.96 bits per heavy atom. The molecule has 2 aliphatic heterocycles. The van der Waals surface area contributed by atoms with Crippen molar-refractivity contribution < 1.29 is 19.1 Å². The average Bonchev–Trinajstić information content (AvgIpc) is 2.87. The summed E-state index contributed by atoms with van der Waals surface area (Å²) in [7, 11) is 0. The topological polar surface area (TPSA) is 65.0 Å². The van der Waals surface area contributed by atoms with Gasteiger partial charge in [0.2, 0.25) is 0 Å². The summed E-state index contributed by atoms with van der Waals surface area (Å²) in [6.07, 6.45) is 0. The Morgan fingerprint density at radius 1 is 1.48 bits per heavy atom. The molecular formula is C17H16ClNO4. The normalized spacial score (nSPS) is 23.3. The van der Waals surface area contributed by atoms with Crippen LogP contribution in [0, 0.1) is 5.92 Å². The molecule has 0 fully saturated rings. The maximum Gasteiger partial charge on any atom is 0.337 e. The summed E-state index contributed by atoms with van der Waals surface area (Å²) in [4.78, 5) is 29.0. The highest BCUT2D eigenvalue weighted by atomic mass is 35.5. The second-order valence-corrected chi connectivity index (χ2v) is 5.89. The lowest BCUT2D eigenvalue weighted by Gasteiger charge is -2.29. The van der Waals surface area contributed by atoms with Gasteiger partial charge in [0, 0.05) is 16.7 Å². The number of carbonyl (C=O) groups is 2. The van der Waals surface area contributed by atoms with E-state index in [1.807, 2.05) is 6.07 Å². The Kier molecular flexibility index (Phi) is 4.22. The molecule has 0 saturated carbocycles. The van der Waals surface area contributed by atoms with Gasteiger partial charge in [0.1, 0.15) is 12.5 Å². The van der Waals surface area contributed by atoms with Gasteiger partial charge in [-0.1, -0.05) is 23.7 Å². The lowest BCUT2D eigenvalue weighted by atomic mass is 9.76. The third kappa shape index (κ3) is 2.77. The van der Waals surface area contributed by atoms with Crippen molar-refractivity contribution in [2.75, 3.05) is 13.2 Å². The molecule has 0 bridgehead atoms. The first-order chi connectivity index (χ1) is 11.0. The first-order valence-electron chi connectivity index (χ1n) is 7.40. The molecule has 1 aromatic carbocycles. The van der Waals surface area contributed by atoms with Crippen LogP contribution in [0.3, 0.4) is 0 Å². The molecule has 2 heterocycles. The molecule has 120 valence electrons. The van der Waals surface area contributed by atoms with Crippen LogP contribution >= 0.6 is 11.6 Å². The van der Waals surface area contributed by atoms with Gasteiger partial charge in [-0.2, -0.15) is 0 Å². The zero-order chi connectivity index (χ0) is 16.6. The summed E-state index contributed by atoms with van der Waals surface area (Å²) >= 11 is 6.09. The van der Waals surface area contributed by atoms with Gasteiger partial charge in [0.25, 0.3) is 0 Å². The molecule has 2 aliphatic rings. The lowest BCUT2D eigenvalue weighted by molar-refractivity contribution is -0.146. The van der Waals surface area contributed by atoms with E-state index in [9.17, 15) is 9.59 Å². The van der Waals surface area contributed by atoms with Crippen LogP contribution in [0.25, 0.3) is 0 Å². The van der Waals surface area contributed by atoms with Crippen molar-refractivity contribution in [1.29, 1.82) is 0 Å². The number of carbonyl (C=O) groups excluding carboxylic acids is 2. The van der Waals surface area contributed by atoms with E-state index in [0.29, 0.717) is 22.0 Å². The van der Waals surface area contributed by atoms with Gasteiger partial charge in [0.05, 0.1) is 17.9 Å². The predicted octanol–water partition coefficient (Wildman–Crippen LogP) is 2.89. The van der Waals surface area contributed by atoms with Gasteiger partial charge < -0.3 is 9.47 Å². The molecule has 0 N–H and O–H groups in total. The Labute approximate surface area is 138 Å². The van der Waals surface area contributed by atoms with E-state index in [-0.39, 0.29) is 13.2 Å². The molecule has 0 spiro atoms. The molecule has 2 unspecified atom stereocenters. The van der Waals surface area contributed by atoms with Crippen LogP contribution in [0.2, 0.25) is 5.02 Å². The maximum atomic E-state index is 12.5. The van der Waals surface area contributed by atoms with Crippen molar-refractivity contribution in [1.82, 2.24) is 0 Å². The monoisotopic (exact) mass is 333 g/mol. The number of hydrogen-bond donors (Lipinski definition) is 0. The van der Waals surface area contributed by atoms with Crippen molar-refractivity contribution >= 4 is 29.3 Å². The van der Waals surface area contributed by atoms with Crippen molar-refractivity contribution in [2.24, 2.45) is 10.9 Å². The molecule has 3 rings (SSSR count). The molecule has 0 aromatic heterocycles. The zero-order valence-corrected chi connectivity index (χ0v) is 13.6. The van der Waals surface area contributed by atoms with Crippen molar-refractivity contribution in [3.05, 3.63) is 46.1 Å². The number of ether oxygens (including phenoxy) is 2. The minimum atomic E-state index is -0.655. The molecule has 5 nitrogen and oxygen atoms in total. The van der Waals surface area contributed by atoms with E-state index in [1.54, 1.807) is 32.0 Å². The highest BCUT2D eigenvalue weighted by molar-refractivity contribution is 6.30. The van der Waals surface area contributed by atoms with Gasteiger partial charge in [-0.25, -0.2) is 4.79 Å². The molecule has 0 aliphatic carbocycles. The summed E-state index contributed by atoms with van der Waals surface area (Å²) in [6.45, 7) is 3.92. The van der Waals surface area contributed by atoms with Crippen LogP contribution < -0.4 is 0 Å². The van der Waals surface area contributed by atoms with Gasteiger partial charge >= 0.3 is 11.9 Å². The molecule has 2 atom stereocenters. The molecular weight excluding hydrogens is 318 g/mol. The maximum absolute atomic E-state index is 12.5. The van der Waals surface area contributed by atoms with E-state index in [4.69, 9.17) is 21.1 Å². The Morgan fingerprint density at radius 2 is 2.26 bits per heavy atom. The summed E-state index contributed by atoms with van der Waals surface area (Å²) in [5, 5.41) is 0.541. The summed E-state index contributed by atoms with van der Waals surface area (Å²) in [5.41, 5.74) is 2.40. The van der Waals surface area contributed by atoms with E-state index < -0.39 is 23.8 Å². The third-order valence-corrected chi connectivity index (χ3v) is 4.26. The van der Waals surface area contributed by atoms with Crippen LogP contribution in [0.5, 0.6) is 0 Å². The molecule has 0 radical (unpaired) electrons. The number of benzene rings is 1. The lowest BCUT2D eigenvalue weighted by Crippen LogP contribution is -2.35. The zero-order valence-electron chi connectivity index (χ0n) is 12.8. The number of cyclic esters (lactones) is 1. The fourth-order valence-electron chi connectivity index (χ4n) is 3.09. The van der Waals surface area contributed by atoms with Crippen molar-refractivity contribution in [3.63, 3.8) is 0 Å². The van der Waals surface area contributed by atoms with Gasteiger partial charge in [0.15, 0.2) is 0 Å². The first-order valence-corrected chi connectivity index (χ1v) is 7.78. The summed E-state index contributed by atoms with van der Waals surface area (Å²) in [5.74, 6) is -1.98. The summed E-state index contributed by atoms with van der Waals surface area (Å²) < 4.78 is 10.3. The number of esters is 2. The van der Waals surface area contributed by atoms with Crippen molar-refractivity contribution in [2.45, 2.75) is 19.8 Å². The van der Waals surface area contributed by atoms with E-state index in [1.165, 1.54) is 0 Å². The van der Waals surface area contributed by atoms with Crippen LogP contribution in [0.4, 0.5) is 0 Å². The van der Waals surface area contributed by atoms with Crippen LogP contribution in [0.15, 0.2) is 40.5 Å². The number of rotatable bonds is 3. The van der Waals surface area contributed by atoms with Crippen molar-refractivity contribution in [3.8, 4) is 0 Å². The minimum absolute atomic E-state index is 0.137. The first kappa shape index (κ1) is 15.7. The smallest absolute Gasteiger partial charge is 0.337 e. The molecule has 1 aromatic rings. The van der Waals surface area contributed by atoms with E-state index >= 15 is 0 Å². The van der Waals surface area contributed by atoms with Crippen LogP contribution in [0.1, 0.15) is 25.3 Å². The second kappa shape index (κ2) is 6.16. The Hall–Kier alpha value is -2.14. The standard InChI is InChI=1S/C17H16ClNO4/c1-3-22-16(20)13-9(2)19-12-8-23-17(21)15(12)14(13)10-5-4-6-11(18)7-10/h4-7,13-14H,3,8H2,1-2H3. The summed E-state index contributed by atoms with van der Waals surface area (Å²) in [6, 6.07) is 7.14. The average molecular weight is 334 g/mol. The molecule has 23 heavy (non-hydrogen) atoms. The van der Waals surface area contributed by atoms with E-state index in [2.05, 4.69) is 4.99 Å². The number of aliphatic imine (C=N–C) groups is 1. The molecule has 0 amide bonds. The minimum Gasteiger partial charge on any atom is -0.465 e. The van der Waals surface area contributed by atoms with Gasteiger partial charge in [-0.3, -0.25) is 9.79 Å². The quantitative estimate of drug-likeness (QED) is 0.798. The molecule has 0 saturated heterocycles. The third-order valence-electron chi connectivity index (χ3n) is 4.02. The second-order valence-electron chi connectivity index (χ2n) is 5.45. The van der Waals surface area contributed by atoms with E-state index in [0.717, 1.165) is 5.56 Å². The van der Waals surface area contributed by atoms with Gasteiger partial charge in [-0.05, 0) is 31.5 Å². The number of hydrogen-bond acceptors (Lipinski definition) is 5. The SMILES string of the molecule is CCOC(=O)C1C(C)=NC2=C(C(=O)OC2)C1c1cccc(Cl)c1. The highest BCUT2D eigenvalue weighted by Gasteiger charge is 2.45. The fourth-order valence-corrected chi connectivity index (χ4v) is 3.29. The predicted molar refractivity (Wildman–Crippen MR) is 85.4 cm³/mol. The fraction of sp³-hybridized carbons (Fsp3) is 0.353. The molecule has 6 heteroatoms. The van der Waals surface area contributed by atoms with Crippen LogP contribution in [-0.4, -0.2) is 30.9 Å². The largest absolute Gasteiger partial charge is 0.465 e. The number of nitrogens with zero attached hydrogens (tertiary/aromatic N) is 1.